The quantitative estimate of drug-likeness (QED) is 0.695. The van der Waals surface area contributed by atoms with Gasteiger partial charge in [-0.2, -0.15) is 5.10 Å². The monoisotopic (exact) mass is 214 g/mol. The first-order valence-electron chi connectivity index (χ1n) is 5.99. The maximum Gasteiger partial charge on any atom is 0.0645 e. The first kappa shape index (κ1) is 10.9. The van der Waals surface area contributed by atoms with E-state index in [9.17, 15) is 0 Å². The average Bonchev–Trinajstić information content (AvgIpc) is 2.84. The molecule has 0 fully saturated rings. The Morgan fingerprint density at radius 3 is 2.56 bits per heavy atom. The summed E-state index contributed by atoms with van der Waals surface area (Å²) >= 11 is 0. The lowest BCUT2D eigenvalue weighted by molar-refractivity contribution is 0.717. The summed E-state index contributed by atoms with van der Waals surface area (Å²) in [4.78, 5) is 0. The zero-order chi connectivity index (χ0) is 11.2. The van der Waals surface area contributed by atoms with Gasteiger partial charge in [0.2, 0.25) is 0 Å². The molecule has 0 aliphatic carbocycles. The molecule has 2 heteroatoms. The molecule has 0 atom stereocenters. The largest absolute Gasteiger partial charge is 0.241 e. The van der Waals surface area contributed by atoms with Crippen molar-refractivity contribution in [2.75, 3.05) is 0 Å². The van der Waals surface area contributed by atoms with Gasteiger partial charge in [0.1, 0.15) is 0 Å². The Bertz CT molecular complexity index is 401. The van der Waals surface area contributed by atoms with Crippen molar-refractivity contribution in [1.29, 1.82) is 0 Å². The molecule has 2 nitrogen and oxygen atoms in total. The van der Waals surface area contributed by atoms with Crippen LogP contribution in [0, 0.1) is 0 Å². The van der Waals surface area contributed by atoms with Crippen molar-refractivity contribution in [2.24, 2.45) is 0 Å². The van der Waals surface area contributed by atoms with Crippen LogP contribution in [0.3, 0.4) is 0 Å². The smallest absolute Gasteiger partial charge is 0.0645 e. The minimum atomic E-state index is 1.13. The van der Waals surface area contributed by atoms with Crippen LogP contribution in [-0.2, 0) is 6.42 Å². The Balaban J connectivity index is 2.00. The highest BCUT2D eigenvalue weighted by atomic mass is 15.3. The maximum absolute atomic E-state index is 4.21. The van der Waals surface area contributed by atoms with Gasteiger partial charge in [-0.15, -0.1) is 0 Å². The van der Waals surface area contributed by atoms with Crippen molar-refractivity contribution in [3.05, 3.63) is 48.3 Å². The van der Waals surface area contributed by atoms with Gasteiger partial charge in [-0.05, 0) is 36.6 Å². The van der Waals surface area contributed by atoms with Crippen LogP contribution in [0.5, 0.6) is 0 Å². The van der Waals surface area contributed by atoms with Crippen molar-refractivity contribution in [3.8, 4) is 5.69 Å². The van der Waals surface area contributed by atoms with Gasteiger partial charge in [-0.3, -0.25) is 0 Å². The molecular formula is C14H18N2. The van der Waals surface area contributed by atoms with E-state index in [2.05, 4.69) is 36.3 Å². The number of unbranched alkanes of at least 4 members (excludes halogenated alkanes) is 2. The van der Waals surface area contributed by atoms with Crippen molar-refractivity contribution >= 4 is 0 Å². The number of aryl methyl sites for hydroxylation is 1. The summed E-state index contributed by atoms with van der Waals surface area (Å²) in [5.74, 6) is 0. The molecule has 84 valence electrons. The molecular weight excluding hydrogens is 196 g/mol. The summed E-state index contributed by atoms with van der Waals surface area (Å²) in [5, 5.41) is 4.21. The topological polar surface area (TPSA) is 17.8 Å². The van der Waals surface area contributed by atoms with Crippen LogP contribution in [0.25, 0.3) is 5.69 Å². The molecule has 0 amide bonds. The molecule has 1 heterocycles. The van der Waals surface area contributed by atoms with Crippen molar-refractivity contribution in [1.82, 2.24) is 9.78 Å². The Labute approximate surface area is 96.9 Å². The summed E-state index contributed by atoms with van der Waals surface area (Å²) in [6.45, 7) is 2.24. The van der Waals surface area contributed by atoms with Gasteiger partial charge in [0, 0.05) is 12.4 Å². The predicted octanol–water partition coefficient (Wildman–Crippen LogP) is 3.61. The fourth-order valence-corrected chi connectivity index (χ4v) is 1.82. The molecule has 0 aliphatic heterocycles. The molecule has 1 aromatic carbocycles. The SMILES string of the molecule is CCCCCc1ccc(-n2cccn2)cc1. The normalized spacial score (nSPS) is 10.6. The van der Waals surface area contributed by atoms with Crippen molar-refractivity contribution < 1.29 is 0 Å². The summed E-state index contributed by atoms with van der Waals surface area (Å²) in [5.41, 5.74) is 2.55. The van der Waals surface area contributed by atoms with Crippen LogP contribution in [0.4, 0.5) is 0 Å². The fourth-order valence-electron chi connectivity index (χ4n) is 1.82. The maximum atomic E-state index is 4.21. The highest BCUT2D eigenvalue weighted by molar-refractivity contribution is 5.33. The van der Waals surface area contributed by atoms with Crippen LogP contribution in [0.2, 0.25) is 0 Å². The summed E-state index contributed by atoms with van der Waals surface area (Å²) in [7, 11) is 0. The third-order valence-electron chi connectivity index (χ3n) is 2.77. The number of nitrogens with zero attached hydrogens (tertiary/aromatic N) is 2. The molecule has 0 aliphatic rings. The van der Waals surface area contributed by atoms with Crippen LogP contribution in [0.15, 0.2) is 42.7 Å². The van der Waals surface area contributed by atoms with Gasteiger partial charge in [-0.1, -0.05) is 31.9 Å². The average molecular weight is 214 g/mol. The third-order valence-corrected chi connectivity index (χ3v) is 2.77. The van der Waals surface area contributed by atoms with E-state index in [4.69, 9.17) is 0 Å². The van der Waals surface area contributed by atoms with E-state index in [-0.39, 0.29) is 0 Å². The highest BCUT2D eigenvalue weighted by Gasteiger charge is 1.96. The number of hydrogen-bond acceptors (Lipinski definition) is 1. The van der Waals surface area contributed by atoms with Crippen LogP contribution in [0.1, 0.15) is 31.7 Å². The lowest BCUT2D eigenvalue weighted by Gasteiger charge is -2.04. The Hall–Kier alpha value is -1.57. The van der Waals surface area contributed by atoms with E-state index in [0.717, 1.165) is 5.69 Å². The van der Waals surface area contributed by atoms with Gasteiger partial charge >= 0.3 is 0 Å². The molecule has 1 aromatic heterocycles. The lowest BCUT2D eigenvalue weighted by Crippen LogP contribution is -1.94. The number of benzene rings is 1. The second-order valence-electron chi connectivity index (χ2n) is 4.07. The Kier molecular flexibility index (Phi) is 3.76. The molecule has 0 spiro atoms. The van der Waals surface area contributed by atoms with E-state index in [0.29, 0.717) is 0 Å². The minimum absolute atomic E-state index is 1.13. The molecule has 0 radical (unpaired) electrons. The van der Waals surface area contributed by atoms with Gasteiger partial charge in [0.25, 0.3) is 0 Å². The second-order valence-corrected chi connectivity index (χ2v) is 4.07. The van der Waals surface area contributed by atoms with Crippen molar-refractivity contribution in [2.45, 2.75) is 32.6 Å². The van der Waals surface area contributed by atoms with Crippen molar-refractivity contribution in [3.63, 3.8) is 0 Å². The first-order valence-corrected chi connectivity index (χ1v) is 5.99. The molecule has 0 saturated heterocycles. The van der Waals surface area contributed by atoms with E-state index < -0.39 is 0 Å². The third kappa shape index (κ3) is 2.72. The molecule has 2 rings (SSSR count). The molecule has 0 bridgehead atoms. The van der Waals surface area contributed by atoms with E-state index in [1.807, 2.05) is 16.9 Å². The van der Waals surface area contributed by atoms with Gasteiger partial charge < -0.3 is 0 Å². The summed E-state index contributed by atoms with van der Waals surface area (Å²) < 4.78 is 1.88. The lowest BCUT2D eigenvalue weighted by atomic mass is 10.1. The zero-order valence-corrected chi connectivity index (χ0v) is 9.76. The standard InChI is InChI=1S/C14H18N2/c1-2-3-4-6-13-7-9-14(10-8-13)16-12-5-11-15-16/h5,7-12H,2-4,6H2,1H3. The Morgan fingerprint density at radius 2 is 1.94 bits per heavy atom. The van der Waals surface area contributed by atoms with E-state index in [1.54, 1.807) is 6.20 Å². The highest BCUT2D eigenvalue weighted by Crippen LogP contribution is 2.11. The Morgan fingerprint density at radius 1 is 1.12 bits per heavy atom. The van der Waals surface area contributed by atoms with Gasteiger partial charge in [0.05, 0.1) is 5.69 Å². The van der Waals surface area contributed by atoms with Gasteiger partial charge in [0.15, 0.2) is 0 Å². The molecule has 0 saturated carbocycles. The van der Waals surface area contributed by atoms with Crippen LogP contribution >= 0.6 is 0 Å². The molecule has 16 heavy (non-hydrogen) atoms. The van der Waals surface area contributed by atoms with E-state index in [1.165, 1.54) is 31.2 Å². The molecule has 0 unspecified atom stereocenters. The summed E-state index contributed by atoms with van der Waals surface area (Å²) in [6, 6.07) is 10.6. The molecule has 0 N–H and O–H groups in total. The molecule has 2 aromatic rings. The fraction of sp³-hybridized carbons (Fsp3) is 0.357. The summed E-state index contributed by atoms with van der Waals surface area (Å²) in [6.07, 6.45) is 8.85. The second kappa shape index (κ2) is 5.50. The number of aromatic nitrogens is 2. The van der Waals surface area contributed by atoms with E-state index >= 15 is 0 Å². The van der Waals surface area contributed by atoms with Crippen LogP contribution in [-0.4, -0.2) is 9.78 Å². The predicted molar refractivity (Wildman–Crippen MR) is 66.8 cm³/mol. The minimum Gasteiger partial charge on any atom is -0.241 e. The van der Waals surface area contributed by atoms with Gasteiger partial charge in [-0.25, -0.2) is 4.68 Å². The number of rotatable bonds is 5. The zero-order valence-electron chi connectivity index (χ0n) is 9.76. The number of hydrogen-bond donors (Lipinski definition) is 0. The van der Waals surface area contributed by atoms with Crippen LogP contribution < -0.4 is 0 Å². The first-order chi connectivity index (χ1) is 7.90.